The second-order valence-corrected chi connectivity index (χ2v) is 7.32. The zero-order chi connectivity index (χ0) is 11.9. The van der Waals surface area contributed by atoms with Gasteiger partial charge in [-0.15, -0.1) is 11.3 Å². The predicted molar refractivity (Wildman–Crippen MR) is 73.1 cm³/mol. The quantitative estimate of drug-likeness (QED) is 0.841. The molecule has 4 heteroatoms. The van der Waals surface area contributed by atoms with Gasteiger partial charge < -0.3 is 5.11 Å². The van der Waals surface area contributed by atoms with Crippen LogP contribution in [0.25, 0.3) is 0 Å². The number of aromatic nitrogens is 1. The standard InChI is InChI=1S/C13H18BrNOS/c14-11-10(17-9-15-11)13(16)7-5-12(6-8-13)3-1-2-4-12/h9,16H,1-8H2. The minimum absolute atomic E-state index is 0.573. The third-order valence-electron chi connectivity index (χ3n) is 4.75. The molecular weight excluding hydrogens is 298 g/mol. The summed E-state index contributed by atoms with van der Waals surface area (Å²) in [7, 11) is 0. The number of thiazole rings is 1. The van der Waals surface area contributed by atoms with Crippen molar-refractivity contribution >= 4 is 27.3 Å². The molecule has 0 atom stereocenters. The molecule has 0 aromatic carbocycles. The van der Waals surface area contributed by atoms with Gasteiger partial charge in [0, 0.05) is 0 Å². The van der Waals surface area contributed by atoms with Crippen LogP contribution in [0.3, 0.4) is 0 Å². The average molecular weight is 316 g/mol. The first-order valence-corrected chi connectivity index (χ1v) is 8.13. The average Bonchev–Trinajstić information content (AvgIpc) is 2.94. The number of hydrogen-bond acceptors (Lipinski definition) is 3. The van der Waals surface area contributed by atoms with Crippen molar-refractivity contribution in [2.75, 3.05) is 0 Å². The molecule has 2 aliphatic rings. The van der Waals surface area contributed by atoms with E-state index in [0.717, 1.165) is 22.3 Å². The summed E-state index contributed by atoms with van der Waals surface area (Å²) in [5.74, 6) is 0. The first-order valence-electron chi connectivity index (χ1n) is 6.46. The van der Waals surface area contributed by atoms with E-state index in [0.29, 0.717) is 5.41 Å². The minimum atomic E-state index is -0.617. The molecule has 0 bridgehead atoms. The maximum absolute atomic E-state index is 10.8. The molecule has 0 unspecified atom stereocenters. The molecule has 17 heavy (non-hydrogen) atoms. The van der Waals surface area contributed by atoms with E-state index < -0.39 is 5.60 Å². The largest absolute Gasteiger partial charge is 0.384 e. The van der Waals surface area contributed by atoms with Crippen molar-refractivity contribution in [1.82, 2.24) is 4.98 Å². The van der Waals surface area contributed by atoms with Crippen LogP contribution in [-0.2, 0) is 5.60 Å². The van der Waals surface area contributed by atoms with Gasteiger partial charge in [-0.05, 0) is 59.9 Å². The molecule has 0 aliphatic heterocycles. The normalized spacial score (nSPS) is 26.5. The molecular formula is C13H18BrNOS. The molecule has 0 radical (unpaired) electrons. The zero-order valence-corrected chi connectivity index (χ0v) is 12.3. The van der Waals surface area contributed by atoms with E-state index in [-0.39, 0.29) is 0 Å². The highest BCUT2D eigenvalue weighted by Crippen LogP contribution is 2.54. The van der Waals surface area contributed by atoms with Gasteiger partial charge in [-0.1, -0.05) is 12.8 Å². The van der Waals surface area contributed by atoms with Crippen molar-refractivity contribution in [3.63, 3.8) is 0 Å². The number of halogens is 1. The van der Waals surface area contributed by atoms with E-state index in [1.54, 1.807) is 11.3 Å². The lowest BCUT2D eigenvalue weighted by Crippen LogP contribution is -2.35. The van der Waals surface area contributed by atoms with Crippen LogP contribution in [-0.4, -0.2) is 10.1 Å². The summed E-state index contributed by atoms with van der Waals surface area (Å²) >= 11 is 5.03. The maximum Gasteiger partial charge on any atom is 0.123 e. The van der Waals surface area contributed by atoms with Crippen molar-refractivity contribution in [1.29, 1.82) is 0 Å². The predicted octanol–water partition coefficient (Wildman–Crippen LogP) is 4.23. The highest BCUT2D eigenvalue weighted by atomic mass is 79.9. The van der Waals surface area contributed by atoms with Crippen LogP contribution in [0.4, 0.5) is 0 Å². The van der Waals surface area contributed by atoms with Gasteiger partial charge in [0.25, 0.3) is 0 Å². The third-order valence-corrected chi connectivity index (χ3v) is 6.63. The summed E-state index contributed by atoms with van der Waals surface area (Å²) in [5.41, 5.74) is 1.77. The van der Waals surface area contributed by atoms with E-state index in [1.807, 2.05) is 5.51 Å². The van der Waals surface area contributed by atoms with E-state index in [4.69, 9.17) is 0 Å². The second kappa shape index (κ2) is 4.32. The highest BCUT2D eigenvalue weighted by Gasteiger charge is 2.45. The number of hydrogen-bond donors (Lipinski definition) is 1. The fraction of sp³-hybridized carbons (Fsp3) is 0.769. The smallest absolute Gasteiger partial charge is 0.123 e. The van der Waals surface area contributed by atoms with Crippen LogP contribution in [0.1, 0.15) is 56.2 Å². The molecule has 2 saturated carbocycles. The summed E-state index contributed by atoms with van der Waals surface area (Å²) in [5, 5.41) is 10.8. The van der Waals surface area contributed by atoms with Crippen LogP contribution in [0.15, 0.2) is 10.1 Å². The molecule has 2 nitrogen and oxygen atoms in total. The molecule has 3 rings (SSSR count). The molecule has 1 spiro atoms. The monoisotopic (exact) mass is 315 g/mol. The van der Waals surface area contributed by atoms with Crippen molar-refractivity contribution in [3.8, 4) is 0 Å². The van der Waals surface area contributed by atoms with Gasteiger partial charge >= 0.3 is 0 Å². The molecule has 94 valence electrons. The summed E-state index contributed by atoms with van der Waals surface area (Å²) in [6, 6.07) is 0. The van der Waals surface area contributed by atoms with Crippen LogP contribution >= 0.6 is 27.3 Å². The SMILES string of the molecule is OC1(c2scnc2Br)CCC2(CCCC2)CC1. The fourth-order valence-electron chi connectivity index (χ4n) is 3.58. The van der Waals surface area contributed by atoms with E-state index in [9.17, 15) is 5.11 Å². The third kappa shape index (κ3) is 2.08. The molecule has 0 amide bonds. The Kier molecular flexibility index (Phi) is 3.08. The Labute approximate surface area is 115 Å². The Balaban J connectivity index is 1.77. The number of nitrogens with zero attached hydrogens (tertiary/aromatic N) is 1. The molecule has 1 N–H and O–H groups in total. The molecule has 1 aromatic rings. The summed E-state index contributed by atoms with van der Waals surface area (Å²) < 4.78 is 0.840. The Bertz CT molecular complexity index is 401. The molecule has 1 heterocycles. The second-order valence-electron chi connectivity index (χ2n) is 5.71. The van der Waals surface area contributed by atoms with Gasteiger partial charge in [-0.2, -0.15) is 0 Å². The van der Waals surface area contributed by atoms with Crippen molar-refractivity contribution in [2.45, 2.75) is 57.0 Å². The van der Waals surface area contributed by atoms with Gasteiger partial charge in [-0.3, -0.25) is 0 Å². The maximum atomic E-state index is 10.8. The molecule has 1 aromatic heterocycles. The van der Waals surface area contributed by atoms with Crippen molar-refractivity contribution < 1.29 is 5.11 Å². The first kappa shape index (κ1) is 12.1. The fourth-order valence-corrected chi connectivity index (χ4v) is 5.30. The lowest BCUT2D eigenvalue weighted by Gasteiger charge is -2.41. The lowest BCUT2D eigenvalue weighted by molar-refractivity contribution is -0.0354. The molecule has 0 saturated heterocycles. The highest BCUT2D eigenvalue weighted by molar-refractivity contribution is 9.10. The van der Waals surface area contributed by atoms with Crippen molar-refractivity contribution in [2.24, 2.45) is 5.41 Å². The Morgan fingerprint density at radius 3 is 2.29 bits per heavy atom. The lowest BCUT2D eigenvalue weighted by atomic mass is 9.67. The summed E-state index contributed by atoms with van der Waals surface area (Å²) in [4.78, 5) is 5.23. The van der Waals surface area contributed by atoms with Crippen molar-refractivity contribution in [3.05, 3.63) is 15.0 Å². The van der Waals surface area contributed by atoms with Crippen LogP contribution in [0, 0.1) is 5.41 Å². The van der Waals surface area contributed by atoms with E-state index in [1.165, 1.54) is 38.5 Å². The number of rotatable bonds is 1. The van der Waals surface area contributed by atoms with Crippen LogP contribution in [0.2, 0.25) is 0 Å². The van der Waals surface area contributed by atoms with E-state index in [2.05, 4.69) is 20.9 Å². The topological polar surface area (TPSA) is 33.1 Å². The molecule has 2 aliphatic carbocycles. The van der Waals surface area contributed by atoms with E-state index >= 15 is 0 Å². The molecule has 2 fully saturated rings. The van der Waals surface area contributed by atoms with Gasteiger partial charge in [0.2, 0.25) is 0 Å². The van der Waals surface area contributed by atoms with Crippen LogP contribution < -0.4 is 0 Å². The number of aliphatic hydroxyl groups is 1. The van der Waals surface area contributed by atoms with Gasteiger partial charge in [0.1, 0.15) is 10.2 Å². The summed E-state index contributed by atoms with van der Waals surface area (Å²) in [6.45, 7) is 0. The Morgan fingerprint density at radius 2 is 1.76 bits per heavy atom. The van der Waals surface area contributed by atoms with Gasteiger partial charge in [0.15, 0.2) is 0 Å². The first-order chi connectivity index (χ1) is 8.14. The minimum Gasteiger partial charge on any atom is -0.384 e. The summed E-state index contributed by atoms with van der Waals surface area (Å²) in [6.07, 6.45) is 9.74. The Hall–Kier alpha value is 0.0700. The zero-order valence-electron chi connectivity index (χ0n) is 9.91. The van der Waals surface area contributed by atoms with Crippen LogP contribution in [0.5, 0.6) is 0 Å². The van der Waals surface area contributed by atoms with Gasteiger partial charge in [0.05, 0.1) is 10.4 Å². The Morgan fingerprint density at radius 1 is 1.12 bits per heavy atom. The van der Waals surface area contributed by atoms with Gasteiger partial charge in [-0.25, -0.2) is 4.98 Å².